The molecule has 0 amide bonds. The van der Waals surface area contributed by atoms with Crippen molar-refractivity contribution >= 4 is 48.6 Å². The molecule has 0 aromatic heterocycles. The summed E-state index contributed by atoms with van der Waals surface area (Å²) < 4.78 is 0. The van der Waals surface area contributed by atoms with Gasteiger partial charge >= 0.3 is 0 Å². The molecular formula is C13H22Cl3N3. The normalized spacial score (nSPS) is 21.7. The van der Waals surface area contributed by atoms with E-state index < -0.39 is 0 Å². The van der Waals surface area contributed by atoms with E-state index in [2.05, 4.69) is 21.9 Å². The average Bonchev–Trinajstić information content (AvgIpc) is 2.77. The first-order chi connectivity index (χ1) is 7.83. The van der Waals surface area contributed by atoms with Crippen LogP contribution in [0.4, 0.5) is 11.4 Å². The highest BCUT2D eigenvalue weighted by Crippen LogP contribution is 2.25. The number of halogens is 3. The number of benzene rings is 1. The number of nitrogen functional groups attached to an aromatic ring is 1. The predicted molar refractivity (Wildman–Crippen MR) is 89.4 cm³/mol. The van der Waals surface area contributed by atoms with Crippen LogP contribution in [0, 0.1) is 0 Å². The van der Waals surface area contributed by atoms with E-state index in [0.717, 1.165) is 18.3 Å². The lowest BCUT2D eigenvalue weighted by atomic mass is 10.1. The van der Waals surface area contributed by atoms with Crippen LogP contribution in [0.5, 0.6) is 0 Å². The predicted octanol–water partition coefficient (Wildman–Crippen LogP) is 2.82. The zero-order valence-corrected chi connectivity index (χ0v) is 13.3. The summed E-state index contributed by atoms with van der Waals surface area (Å²) in [6.07, 6.45) is 2.74. The largest absolute Gasteiger partial charge is 0.399 e. The molecule has 1 atom stereocenters. The molecule has 0 spiro atoms. The van der Waals surface area contributed by atoms with Gasteiger partial charge in [-0.05, 0) is 43.7 Å². The lowest BCUT2D eigenvalue weighted by Gasteiger charge is -2.38. The zero-order chi connectivity index (χ0) is 11.0. The lowest BCUT2D eigenvalue weighted by molar-refractivity contribution is 0.231. The molecule has 2 fully saturated rings. The molecule has 2 aliphatic heterocycles. The Balaban J connectivity index is 0.00000108. The summed E-state index contributed by atoms with van der Waals surface area (Å²) in [5.41, 5.74) is 7.89. The summed E-state index contributed by atoms with van der Waals surface area (Å²) >= 11 is 0. The minimum absolute atomic E-state index is 0. The SMILES string of the molecule is Cl.Cl.Cl.Nc1ccc(N2CCN3CCCC3C2)cc1. The van der Waals surface area contributed by atoms with Crippen molar-refractivity contribution in [3.8, 4) is 0 Å². The fourth-order valence-electron chi connectivity index (χ4n) is 2.91. The molecule has 3 nitrogen and oxygen atoms in total. The van der Waals surface area contributed by atoms with E-state index in [4.69, 9.17) is 5.73 Å². The summed E-state index contributed by atoms with van der Waals surface area (Å²) in [6, 6.07) is 9.05. The molecule has 3 rings (SSSR count). The summed E-state index contributed by atoms with van der Waals surface area (Å²) in [5.74, 6) is 0. The number of rotatable bonds is 1. The Bertz CT molecular complexity index is 372. The van der Waals surface area contributed by atoms with Crippen molar-refractivity contribution in [2.24, 2.45) is 0 Å². The maximum atomic E-state index is 5.71. The third kappa shape index (κ3) is 4.06. The number of piperazine rings is 1. The first-order valence-corrected chi connectivity index (χ1v) is 6.17. The van der Waals surface area contributed by atoms with Crippen LogP contribution in [0.3, 0.4) is 0 Å². The fourth-order valence-corrected chi connectivity index (χ4v) is 2.91. The minimum Gasteiger partial charge on any atom is -0.399 e. The Labute approximate surface area is 133 Å². The Morgan fingerprint density at radius 1 is 0.947 bits per heavy atom. The summed E-state index contributed by atoms with van der Waals surface area (Å²) in [5, 5.41) is 0. The molecule has 1 unspecified atom stereocenters. The van der Waals surface area contributed by atoms with E-state index in [9.17, 15) is 0 Å². The van der Waals surface area contributed by atoms with Crippen LogP contribution in [-0.2, 0) is 0 Å². The van der Waals surface area contributed by atoms with Gasteiger partial charge in [0.1, 0.15) is 0 Å². The quantitative estimate of drug-likeness (QED) is 0.806. The van der Waals surface area contributed by atoms with Gasteiger partial charge in [0, 0.05) is 37.1 Å². The van der Waals surface area contributed by atoms with Crippen molar-refractivity contribution < 1.29 is 0 Å². The van der Waals surface area contributed by atoms with E-state index in [0.29, 0.717) is 0 Å². The summed E-state index contributed by atoms with van der Waals surface area (Å²) in [7, 11) is 0. The molecule has 2 aliphatic rings. The first-order valence-electron chi connectivity index (χ1n) is 6.17. The molecule has 2 heterocycles. The van der Waals surface area contributed by atoms with Crippen LogP contribution >= 0.6 is 37.2 Å². The second kappa shape index (κ2) is 8.05. The van der Waals surface area contributed by atoms with Gasteiger partial charge in [-0.3, -0.25) is 4.90 Å². The highest BCUT2D eigenvalue weighted by atomic mass is 35.5. The van der Waals surface area contributed by atoms with Crippen LogP contribution < -0.4 is 10.6 Å². The molecule has 1 aromatic rings. The monoisotopic (exact) mass is 325 g/mol. The van der Waals surface area contributed by atoms with E-state index in [1.807, 2.05) is 12.1 Å². The molecule has 110 valence electrons. The summed E-state index contributed by atoms with van der Waals surface area (Å²) in [6.45, 7) is 4.86. The van der Waals surface area contributed by atoms with Gasteiger partial charge in [0.05, 0.1) is 0 Å². The van der Waals surface area contributed by atoms with Crippen molar-refractivity contribution in [1.29, 1.82) is 0 Å². The smallest absolute Gasteiger partial charge is 0.0368 e. The standard InChI is InChI=1S/C13H19N3.3ClH/c14-11-3-5-12(6-4-11)16-9-8-15-7-1-2-13(15)10-16;;;/h3-6,13H,1-2,7-10,14H2;3*1H. The second-order valence-corrected chi connectivity index (χ2v) is 4.87. The first kappa shape index (κ1) is 18.7. The Morgan fingerprint density at radius 3 is 2.32 bits per heavy atom. The number of hydrogen-bond acceptors (Lipinski definition) is 3. The maximum Gasteiger partial charge on any atom is 0.0368 e. The summed E-state index contributed by atoms with van der Waals surface area (Å²) in [4.78, 5) is 5.12. The maximum absolute atomic E-state index is 5.71. The third-order valence-corrected chi connectivity index (χ3v) is 3.85. The molecule has 0 saturated carbocycles. The van der Waals surface area contributed by atoms with Crippen LogP contribution in [-0.4, -0.2) is 37.1 Å². The molecule has 0 radical (unpaired) electrons. The molecule has 2 N–H and O–H groups in total. The van der Waals surface area contributed by atoms with Gasteiger partial charge in [-0.2, -0.15) is 0 Å². The highest BCUT2D eigenvalue weighted by Gasteiger charge is 2.30. The van der Waals surface area contributed by atoms with Gasteiger partial charge in [-0.1, -0.05) is 0 Å². The minimum atomic E-state index is 0. The number of nitrogens with zero attached hydrogens (tertiary/aromatic N) is 2. The van der Waals surface area contributed by atoms with E-state index in [-0.39, 0.29) is 37.2 Å². The van der Waals surface area contributed by atoms with E-state index in [1.54, 1.807) is 0 Å². The van der Waals surface area contributed by atoms with Gasteiger partial charge in [-0.25, -0.2) is 0 Å². The average molecular weight is 327 g/mol. The van der Waals surface area contributed by atoms with Gasteiger partial charge in [0.2, 0.25) is 0 Å². The topological polar surface area (TPSA) is 32.5 Å². The van der Waals surface area contributed by atoms with Crippen molar-refractivity contribution in [3.05, 3.63) is 24.3 Å². The van der Waals surface area contributed by atoms with Crippen LogP contribution in [0.1, 0.15) is 12.8 Å². The molecular weight excluding hydrogens is 305 g/mol. The van der Waals surface area contributed by atoms with Crippen molar-refractivity contribution in [2.45, 2.75) is 18.9 Å². The second-order valence-electron chi connectivity index (χ2n) is 4.87. The van der Waals surface area contributed by atoms with Crippen LogP contribution in [0.2, 0.25) is 0 Å². The number of fused-ring (bicyclic) bond motifs is 1. The van der Waals surface area contributed by atoms with E-state index in [1.165, 1.54) is 38.2 Å². The van der Waals surface area contributed by atoms with Gasteiger partial charge in [0.25, 0.3) is 0 Å². The van der Waals surface area contributed by atoms with Crippen molar-refractivity contribution in [3.63, 3.8) is 0 Å². The number of anilines is 2. The van der Waals surface area contributed by atoms with Crippen LogP contribution in [0.25, 0.3) is 0 Å². The molecule has 1 aromatic carbocycles. The molecule has 0 aliphatic carbocycles. The Hall–Kier alpha value is -0.350. The molecule has 0 bridgehead atoms. The van der Waals surface area contributed by atoms with E-state index >= 15 is 0 Å². The van der Waals surface area contributed by atoms with Gasteiger partial charge in [-0.15, -0.1) is 37.2 Å². The fraction of sp³-hybridized carbons (Fsp3) is 0.538. The lowest BCUT2D eigenvalue weighted by Crippen LogP contribution is -2.50. The highest BCUT2D eigenvalue weighted by molar-refractivity contribution is 5.86. The number of nitrogens with two attached hydrogens (primary N) is 1. The Kier molecular flexibility index (Phi) is 7.90. The molecule has 19 heavy (non-hydrogen) atoms. The zero-order valence-electron chi connectivity index (χ0n) is 10.8. The van der Waals surface area contributed by atoms with Crippen LogP contribution in [0.15, 0.2) is 24.3 Å². The molecule has 6 heteroatoms. The Morgan fingerprint density at radius 2 is 1.63 bits per heavy atom. The van der Waals surface area contributed by atoms with Crippen molar-refractivity contribution in [1.82, 2.24) is 4.90 Å². The third-order valence-electron chi connectivity index (χ3n) is 3.85. The van der Waals surface area contributed by atoms with Gasteiger partial charge < -0.3 is 10.6 Å². The molecule has 2 saturated heterocycles. The van der Waals surface area contributed by atoms with Gasteiger partial charge in [0.15, 0.2) is 0 Å². The van der Waals surface area contributed by atoms with Crippen molar-refractivity contribution in [2.75, 3.05) is 36.8 Å². The number of hydrogen-bond donors (Lipinski definition) is 1.